The number of aliphatic hydroxyl groups excluding tert-OH is 2. The van der Waals surface area contributed by atoms with E-state index in [2.05, 4.69) is 27.8 Å². The minimum absolute atomic E-state index is 0.0776. The van der Waals surface area contributed by atoms with Gasteiger partial charge in [0.2, 0.25) is 65.0 Å². The Hall–Kier alpha value is -6.47. The van der Waals surface area contributed by atoms with E-state index in [1.54, 1.807) is 67.5 Å². The molecule has 6 N–H and O–H groups in total. The van der Waals surface area contributed by atoms with E-state index in [-0.39, 0.29) is 63.0 Å². The fraction of sp³-hybridized carbons (Fsp3) is 0.769. The fourth-order valence-electron chi connectivity index (χ4n) is 11.4. The molecular weight excluding hydrogens is 1160 g/mol. The summed E-state index contributed by atoms with van der Waals surface area (Å²) in [5, 5.41) is 34.1. The van der Waals surface area contributed by atoms with E-state index in [1.165, 1.54) is 88.7 Å². The van der Waals surface area contributed by atoms with Crippen LogP contribution in [0.5, 0.6) is 0 Å². The van der Waals surface area contributed by atoms with Crippen LogP contribution in [0.4, 0.5) is 0 Å². The van der Waals surface area contributed by atoms with Crippen LogP contribution in [0.1, 0.15) is 150 Å². The zero-order valence-electron chi connectivity index (χ0n) is 58.5. The summed E-state index contributed by atoms with van der Waals surface area (Å²) < 4.78 is 5.95. The lowest BCUT2D eigenvalue weighted by molar-refractivity contribution is -0.158. The molecule has 1 aliphatic rings. The first kappa shape index (κ1) is 81.5. The Kier molecular flexibility index (Phi) is 34.2. The predicted octanol–water partition coefficient (Wildman–Crippen LogP) is 2.56. The van der Waals surface area contributed by atoms with E-state index in [4.69, 9.17) is 4.74 Å². The van der Waals surface area contributed by atoms with Gasteiger partial charge in [0, 0.05) is 54.7 Å². The first-order valence-electron chi connectivity index (χ1n) is 32.0. The van der Waals surface area contributed by atoms with Crippen LogP contribution in [-0.2, 0) is 57.5 Å². The predicted molar refractivity (Wildman–Crippen MR) is 345 cm³/mol. The SMILES string of the molecule is C=CCO[C@H](C)C1C(=O)N[C@@H](C(C)C)C(=O)N(C)[C@@H](CC(C)C)C(=O)N[C@@H](C)C(=O)N[C@H](C)C(=O)N(C)[C@@H](CC(C)C)C(=O)N(C)[C@@H](CC(C)C)C(=O)N(C)[C@@H](C(C)C)C(=O)N(C)[C@@H]([C@H](O)[C@H](C)/C=C/C)C(=O)N[C@@H](CC)C(=O)N(CCC)[C@H](CO)C(=O)N1C. The maximum absolute atomic E-state index is 15.2. The van der Waals surface area contributed by atoms with Crippen LogP contribution in [-0.4, -0.2) is 250 Å². The largest absolute Gasteiger partial charge is 0.394 e. The number of likely N-dealkylation sites (N-methyl/N-ethyl adjacent to an activating group) is 6. The van der Waals surface area contributed by atoms with Crippen molar-refractivity contribution in [3.8, 4) is 0 Å². The average Bonchev–Trinajstić information content (AvgIpc) is 0.884. The number of aliphatic hydroxyl groups is 2. The van der Waals surface area contributed by atoms with Gasteiger partial charge in [0.05, 0.1) is 25.4 Å². The van der Waals surface area contributed by atoms with E-state index in [0.29, 0.717) is 0 Å². The van der Waals surface area contributed by atoms with Crippen LogP contribution in [0.25, 0.3) is 0 Å². The fourth-order valence-corrected chi connectivity index (χ4v) is 11.4. The summed E-state index contributed by atoms with van der Waals surface area (Å²) in [5.74, 6) is -11.0. The molecule has 25 heteroatoms. The monoisotopic (exact) mass is 1270 g/mol. The summed E-state index contributed by atoms with van der Waals surface area (Å²) in [6, 6.07) is -15.0. The highest BCUT2D eigenvalue weighted by Gasteiger charge is 2.47. The lowest BCUT2D eigenvalue weighted by Crippen LogP contribution is -2.65. The molecule has 1 unspecified atom stereocenters. The Bertz CT molecular complexity index is 2470. The molecule has 1 aliphatic heterocycles. The van der Waals surface area contributed by atoms with Crippen LogP contribution in [0, 0.1) is 35.5 Å². The molecule has 0 spiro atoms. The van der Waals surface area contributed by atoms with Crippen molar-refractivity contribution < 1.29 is 67.7 Å². The van der Waals surface area contributed by atoms with Crippen molar-refractivity contribution in [1.82, 2.24) is 55.6 Å². The molecule has 0 radical (unpaired) electrons. The molecule has 0 aromatic heterocycles. The quantitative estimate of drug-likeness (QED) is 0.101. The van der Waals surface area contributed by atoms with Gasteiger partial charge in [-0.25, -0.2) is 0 Å². The van der Waals surface area contributed by atoms with E-state index < -0.39 is 168 Å². The van der Waals surface area contributed by atoms with Gasteiger partial charge in [-0.1, -0.05) is 108 Å². The maximum atomic E-state index is 15.2. The van der Waals surface area contributed by atoms with Gasteiger partial charge < -0.3 is 70.5 Å². The molecule has 0 saturated carbocycles. The van der Waals surface area contributed by atoms with Crippen LogP contribution in [0.15, 0.2) is 24.8 Å². The third-order valence-electron chi connectivity index (χ3n) is 16.7. The van der Waals surface area contributed by atoms with Gasteiger partial charge in [-0.3, -0.25) is 52.7 Å². The number of hydrogen-bond donors (Lipinski definition) is 6. The smallest absolute Gasteiger partial charge is 0.248 e. The van der Waals surface area contributed by atoms with Gasteiger partial charge in [0.25, 0.3) is 0 Å². The van der Waals surface area contributed by atoms with Crippen molar-refractivity contribution in [2.45, 2.75) is 228 Å². The van der Waals surface area contributed by atoms with Gasteiger partial charge in [-0.2, -0.15) is 0 Å². The summed E-state index contributed by atoms with van der Waals surface area (Å²) in [6.07, 6.45) is 2.54. The standard InChI is InChI=1S/C65H115N11O14/c1-25-29-41(15)54(78)53-58(82)68-45(28-4)60(84)76(30-26-2)49(35-77)63(87)74(23)52(44(18)90-31-27-3)57(81)69-50(39(11)12)64(88)70(19)46(32-36(5)6)56(80)66-42(16)55(79)67-43(17)59(83)71(20)47(33-37(7)8)61(85)72(21)48(34-38(9)10)62(86)73(22)51(40(13)14)65(89)75(53)24/h25,27,29,36-54,77-78H,3,26,28,30-35H2,1-2,4-24H3,(H,66,80)(H,67,79)(H,68,82)(H,69,81)/b29-25+/t41-,42+,43-,44-,45+,46+,47+,48+,49-,50+,51+,52?,53+,54-/m1/s1. The van der Waals surface area contributed by atoms with Gasteiger partial charge in [-0.05, 0) is 89.4 Å². The van der Waals surface area contributed by atoms with E-state index >= 15 is 24.0 Å². The maximum Gasteiger partial charge on any atom is 0.248 e. The molecule has 11 amide bonds. The van der Waals surface area contributed by atoms with Crippen LogP contribution < -0.4 is 21.3 Å². The molecule has 1 fully saturated rings. The molecule has 1 heterocycles. The minimum atomic E-state index is -1.71. The number of hydrogen-bond acceptors (Lipinski definition) is 14. The number of allylic oxidation sites excluding steroid dienone is 1. The van der Waals surface area contributed by atoms with Crippen LogP contribution >= 0.6 is 0 Å². The molecular formula is C65H115N11O14. The molecule has 14 atom stereocenters. The van der Waals surface area contributed by atoms with Crippen molar-refractivity contribution in [1.29, 1.82) is 0 Å². The summed E-state index contributed by atoms with van der Waals surface area (Å²) >= 11 is 0. The Labute approximate surface area is 537 Å². The Balaban J connectivity index is 4.53. The van der Waals surface area contributed by atoms with Crippen LogP contribution in [0.2, 0.25) is 0 Å². The zero-order valence-corrected chi connectivity index (χ0v) is 58.5. The molecule has 514 valence electrons. The Morgan fingerprint density at radius 2 is 0.956 bits per heavy atom. The number of ether oxygens (including phenoxy) is 1. The highest BCUT2D eigenvalue weighted by molar-refractivity contribution is 6.00. The average molecular weight is 1270 g/mol. The van der Waals surface area contributed by atoms with Crippen molar-refractivity contribution >= 4 is 65.0 Å². The van der Waals surface area contributed by atoms with Crippen molar-refractivity contribution in [3.63, 3.8) is 0 Å². The normalized spacial score (nSPS) is 27.2. The first-order chi connectivity index (χ1) is 41.8. The second-order valence-corrected chi connectivity index (χ2v) is 26.3. The summed E-state index contributed by atoms with van der Waals surface area (Å²) in [5.41, 5.74) is 0. The van der Waals surface area contributed by atoms with Crippen molar-refractivity contribution in [3.05, 3.63) is 24.8 Å². The number of carbonyl (C=O) groups is 11. The molecule has 0 aromatic rings. The van der Waals surface area contributed by atoms with Gasteiger partial charge in [0.1, 0.15) is 66.5 Å². The Morgan fingerprint density at radius 3 is 1.41 bits per heavy atom. The molecule has 1 saturated heterocycles. The highest BCUT2D eigenvalue weighted by atomic mass is 16.5. The summed E-state index contributed by atoms with van der Waals surface area (Å²) in [6.45, 7) is 31.4. The summed E-state index contributed by atoms with van der Waals surface area (Å²) in [7, 11) is 8.27. The molecule has 1 rings (SSSR count). The molecule has 90 heavy (non-hydrogen) atoms. The highest BCUT2D eigenvalue weighted by Crippen LogP contribution is 2.26. The number of nitrogens with zero attached hydrogens (tertiary/aromatic N) is 7. The number of carbonyl (C=O) groups excluding carboxylic acids is 11. The first-order valence-corrected chi connectivity index (χ1v) is 32.0. The second kappa shape index (κ2) is 37.8. The zero-order chi connectivity index (χ0) is 69.7. The molecule has 0 aromatic carbocycles. The second-order valence-electron chi connectivity index (χ2n) is 26.3. The lowest BCUT2D eigenvalue weighted by atomic mass is 9.93. The third kappa shape index (κ3) is 21.9. The molecule has 25 nitrogen and oxygen atoms in total. The molecule has 0 bridgehead atoms. The third-order valence-corrected chi connectivity index (χ3v) is 16.7. The van der Waals surface area contributed by atoms with E-state index in [9.17, 15) is 39.0 Å². The topological polar surface area (TPSA) is 308 Å². The van der Waals surface area contributed by atoms with Crippen molar-refractivity contribution in [2.75, 3.05) is 62.0 Å². The van der Waals surface area contributed by atoms with Crippen molar-refractivity contribution in [2.24, 2.45) is 35.5 Å². The van der Waals surface area contributed by atoms with Gasteiger partial charge >= 0.3 is 0 Å². The van der Waals surface area contributed by atoms with Crippen LogP contribution in [0.3, 0.4) is 0 Å². The van der Waals surface area contributed by atoms with Gasteiger partial charge in [-0.15, -0.1) is 6.58 Å². The minimum Gasteiger partial charge on any atom is -0.394 e. The number of rotatable bonds is 19. The number of amides is 11. The summed E-state index contributed by atoms with van der Waals surface area (Å²) in [4.78, 5) is 171. The van der Waals surface area contributed by atoms with E-state index in [1.807, 2.05) is 41.5 Å². The van der Waals surface area contributed by atoms with Gasteiger partial charge in [0.15, 0.2) is 0 Å². The number of nitrogens with one attached hydrogen (secondary N) is 4. The molecule has 0 aliphatic carbocycles. The Morgan fingerprint density at radius 1 is 0.511 bits per heavy atom. The lowest BCUT2D eigenvalue weighted by Gasteiger charge is -2.41. The van der Waals surface area contributed by atoms with E-state index in [0.717, 1.165) is 14.7 Å².